The number of piperazine rings is 1. The maximum Gasteiger partial charge on any atom is 0.265 e. The van der Waals surface area contributed by atoms with E-state index in [1.165, 1.54) is 0 Å². The van der Waals surface area contributed by atoms with Crippen molar-refractivity contribution < 1.29 is 14.3 Å². The zero-order valence-electron chi connectivity index (χ0n) is 15.2. The van der Waals surface area contributed by atoms with Crippen LogP contribution in [0.4, 0.5) is 5.69 Å². The number of anilines is 1. The maximum absolute atomic E-state index is 11.9. The molecule has 1 saturated heterocycles. The van der Waals surface area contributed by atoms with Gasteiger partial charge in [-0.2, -0.15) is 0 Å². The first kappa shape index (κ1) is 17.3. The second kappa shape index (κ2) is 7.25. The van der Waals surface area contributed by atoms with Gasteiger partial charge in [-0.25, -0.2) is 0 Å². The summed E-state index contributed by atoms with van der Waals surface area (Å²) in [6, 6.07) is 6.41. The SMILES string of the molecule is CC1Oc2ccc(CN3CCN(CC(=O)NC4CC4)CC3)cc2NC1=O. The van der Waals surface area contributed by atoms with Crippen molar-refractivity contribution in [1.82, 2.24) is 15.1 Å². The molecule has 1 aliphatic carbocycles. The van der Waals surface area contributed by atoms with Crippen LogP contribution in [0, 0.1) is 0 Å². The summed E-state index contributed by atoms with van der Waals surface area (Å²) in [6.07, 6.45) is 1.81. The van der Waals surface area contributed by atoms with E-state index in [1.54, 1.807) is 6.92 Å². The lowest BCUT2D eigenvalue weighted by atomic mass is 10.1. The van der Waals surface area contributed by atoms with E-state index < -0.39 is 6.10 Å². The Morgan fingerprint density at radius 2 is 1.96 bits per heavy atom. The summed E-state index contributed by atoms with van der Waals surface area (Å²) in [5.41, 5.74) is 1.91. The summed E-state index contributed by atoms with van der Waals surface area (Å²) >= 11 is 0. The lowest BCUT2D eigenvalue weighted by Crippen LogP contribution is -2.49. The molecule has 2 fully saturated rings. The third kappa shape index (κ3) is 4.16. The van der Waals surface area contributed by atoms with E-state index in [4.69, 9.17) is 4.74 Å². The molecule has 4 rings (SSSR count). The van der Waals surface area contributed by atoms with Gasteiger partial charge in [-0.15, -0.1) is 0 Å². The molecule has 0 spiro atoms. The highest BCUT2D eigenvalue weighted by Gasteiger charge is 2.26. The summed E-state index contributed by atoms with van der Waals surface area (Å²) in [4.78, 5) is 28.3. The van der Waals surface area contributed by atoms with Crippen LogP contribution in [0.5, 0.6) is 5.75 Å². The topological polar surface area (TPSA) is 73.9 Å². The second-order valence-corrected chi connectivity index (χ2v) is 7.47. The van der Waals surface area contributed by atoms with Crippen LogP contribution in [0.1, 0.15) is 25.3 Å². The number of nitrogens with zero attached hydrogens (tertiary/aromatic N) is 2. The molecular weight excluding hydrogens is 332 g/mol. The minimum absolute atomic E-state index is 0.104. The number of carbonyl (C=O) groups excluding carboxylic acids is 2. The summed E-state index contributed by atoms with van der Waals surface area (Å²) in [6.45, 7) is 6.77. The number of ether oxygens (including phenoxy) is 1. The van der Waals surface area contributed by atoms with Crippen molar-refractivity contribution in [2.45, 2.75) is 38.5 Å². The molecule has 1 unspecified atom stereocenters. The average Bonchev–Trinajstić information content (AvgIpc) is 3.42. The van der Waals surface area contributed by atoms with Crippen molar-refractivity contribution in [3.05, 3.63) is 23.8 Å². The van der Waals surface area contributed by atoms with Crippen LogP contribution in [-0.4, -0.2) is 66.5 Å². The smallest absolute Gasteiger partial charge is 0.265 e. The molecule has 140 valence electrons. The van der Waals surface area contributed by atoms with Gasteiger partial charge >= 0.3 is 0 Å². The number of rotatable bonds is 5. The maximum atomic E-state index is 11.9. The largest absolute Gasteiger partial charge is 0.479 e. The van der Waals surface area contributed by atoms with E-state index >= 15 is 0 Å². The number of fused-ring (bicyclic) bond motifs is 1. The number of benzene rings is 1. The van der Waals surface area contributed by atoms with Crippen molar-refractivity contribution >= 4 is 17.5 Å². The van der Waals surface area contributed by atoms with E-state index in [-0.39, 0.29) is 11.8 Å². The van der Waals surface area contributed by atoms with E-state index in [0.717, 1.165) is 62.6 Å². The van der Waals surface area contributed by atoms with Gasteiger partial charge in [-0.05, 0) is 37.5 Å². The lowest BCUT2D eigenvalue weighted by molar-refractivity contribution is -0.123. The summed E-state index contributed by atoms with van der Waals surface area (Å²) in [7, 11) is 0. The molecule has 7 nitrogen and oxygen atoms in total. The highest BCUT2D eigenvalue weighted by Crippen LogP contribution is 2.30. The van der Waals surface area contributed by atoms with Crippen LogP contribution in [-0.2, 0) is 16.1 Å². The van der Waals surface area contributed by atoms with Gasteiger partial charge < -0.3 is 15.4 Å². The Morgan fingerprint density at radius 1 is 1.23 bits per heavy atom. The van der Waals surface area contributed by atoms with Gasteiger partial charge in [0.05, 0.1) is 12.2 Å². The number of hydrogen-bond acceptors (Lipinski definition) is 5. The van der Waals surface area contributed by atoms with Gasteiger partial charge in [0, 0.05) is 38.8 Å². The third-order valence-corrected chi connectivity index (χ3v) is 5.16. The first-order valence-corrected chi connectivity index (χ1v) is 9.41. The number of amides is 2. The monoisotopic (exact) mass is 358 g/mol. The highest BCUT2D eigenvalue weighted by atomic mass is 16.5. The predicted molar refractivity (Wildman–Crippen MR) is 98.0 cm³/mol. The zero-order chi connectivity index (χ0) is 18.1. The van der Waals surface area contributed by atoms with Crippen molar-refractivity contribution in [1.29, 1.82) is 0 Å². The molecule has 2 aliphatic heterocycles. The fraction of sp³-hybridized carbons (Fsp3) is 0.579. The molecule has 2 amide bonds. The Labute approximate surface area is 153 Å². The molecule has 1 aromatic rings. The minimum atomic E-state index is -0.446. The van der Waals surface area contributed by atoms with Gasteiger partial charge in [0.2, 0.25) is 5.91 Å². The van der Waals surface area contributed by atoms with Crippen molar-refractivity contribution in [2.24, 2.45) is 0 Å². The average molecular weight is 358 g/mol. The van der Waals surface area contributed by atoms with Crippen molar-refractivity contribution in [2.75, 3.05) is 38.0 Å². The first-order chi connectivity index (χ1) is 12.6. The number of nitrogens with one attached hydrogen (secondary N) is 2. The molecule has 0 radical (unpaired) electrons. The van der Waals surface area contributed by atoms with E-state index in [2.05, 4.69) is 26.5 Å². The molecule has 0 aromatic heterocycles. The molecule has 1 saturated carbocycles. The van der Waals surface area contributed by atoms with Crippen LogP contribution >= 0.6 is 0 Å². The minimum Gasteiger partial charge on any atom is -0.479 e. The van der Waals surface area contributed by atoms with Crippen LogP contribution in [0.3, 0.4) is 0 Å². The van der Waals surface area contributed by atoms with Crippen molar-refractivity contribution in [3.63, 3.8) is 0 Å². The number of hydrogen-bond donors (Lipinski definition) is 2. The first-order valence-electron chi connectivity index (χ1n) is 9.41. The van der Waals surface area contributed by atoms with Gasteiger partial charge in [0.25, 0.3) is 5.91 Å². The summed E-state index contributed by atoms with van der Waals surface area (Å²) in [5, 5.41) is 5.95. The van der Waals surface area contributed by atoms with Gasteiger partial charge in [-0.1, -0.05) is 6.07 Å². The molecule has 0 bridgehead atoms. The van der Waals surface area contributed by atoms with E-state index in [1.807, 2.05) is 12.1 Å². The van der Waals surface area contributed by atoms with Crippen LogP contribution in [0.15, 0.2) is 18.2 Å². The van der Waals surface area contributed by atoms with E-state index in [9.17, 15) is 9.59 Å². The second-order valence-electron chi connectivity index (χ2n) is 7.47. The lowest BCUT2D eigenvalue weighted by Gasteiger charge is -2.34. The Morgan fingerprint density at radius 3 is 2.69 bits per heavy atom. The summed E-state index contributed by atoms with van der Waals surface area (Å²) in [5.74, 6) is 0.778. The van der Waals surface area contributed by atoms with E-state index in [0.29, 0.717) is 12.6 Å². The molecule has 1 atom stereocenters. The Balaban J connectivity index is 1.27. The Hall–Kier alpha value is -2.12. The normalized spacial score (nSPS) is 23.7. The van der Waals surface area contributed by atoms with Gasteiger partial charge in [-0.3, -0.25) is 19.4 Å². The quantitative estimate of drug-likeness (QED) is 0.815. The molecule has 7 heteroatoms. The van der Waals surface area contributed by atoms with Gasteiger partial charge in [0.15, 0.2) is 6.10 Å². The van der Waals surface area contributed by atoms with Crippen LogP contribution in [0.25, 0.3) is 0 Å². The molecule has 3 aliphatic rings. The highest BCUT2D eigenvalue weighted by molar-refractivity contribution is 5.97. The zero-order valence-corrected chi connectivity index (χ0v) is 15.2. The van der Waals surface area contributed by atoms with Crippen molar-refractivity contribution in [3.8, 4) is 5.75 Å². The van der Waals surface area contributed by atoms with Gasteiger partial charge in [0.1, 0.15) is 5.75 Å². The molecule has 2 heterocycles. The fourth-order valence-corrected chi connectivity index (χ4v) is 3.42. The van der Waals surface area contributed by atoms with Crippen LogP contribution in [0.2, 0.25) is 0 Å². The molecule has 2 N–H and O–H groups in total. The molecule has 1 aromatic carbocycles. The predicted octanol–water partition coefficient (Wildman–Crippen LogP) is 0.802. The Kier molecular flexibility index (Phi) is 4.82. The fourth-order valence-electron chi connectivity index (χ4n) is 3.42. The standard InChI is InChI=1S/C19H26N4O3/c1-13-19(25)21-16-10-14(2-5-17(16)26-13)11-22-6-8-23(9-7-22)12-18(24)20-15-3-4-15/h2,5,10,13,15H,3-4,6-9,11-12H2,1H3,(H,20,24)(H,21,25). The Bertz CT molecular complexity index is 696. The third-order valence-electron chi connectivity index (χ3n) is 5.16. The molecular formula is C19H26N4O3. The van der Waals surface area contributed by atoms with Crippen LogP contribution < -0.4 is 15.4 Å². The number of carbonyl (C=O) groups is 2. The molecule has 26 heavy (non-hydrogen) atoms. The summed E-state index contributed by atoms with van der Waals surface area (Å²) < 4.78 is 5.60.